The Kier molecular flexibility index (Phi) is 6.08. The van der Waals surface area contributed by atoms with Crippen LogP contribution in [-0.4, -0.2) is 37.2 Å². The van der Waals surface area contributed by atoms with Crippen LogP contribution >= 0.6 is 0 Å². The first kappa shape index (κ1) is 19.3. The van der Waals surface area contributed by atoms with E-state index >= 15 is 0 Å². The topological polar surface area (TPSA) is 29.5 Å². The molecule has 0 atom stereocenters. The molecule has 3 nitrogen and oxygen atoms in total. The van der Waals surface area contributed by atoms with Gasteiger partial charge >= 0.3 is 6.18 Å². The van der Waals surface area contributed by atoms with Crippen LogP contribution in [0.1, 0.15) is 31.9 Å². The van der Waals surface area contributed by atoms with E-state index in [9.17, 15) is 18.0 Å². The van der Waals surface area contributed by atoms with Crippen molar-refractivity contribution in [2.45, 2.75) is 40.3 Å². The predicted octanol–water partition coefficient (Wildman–Crippen LogP) is 3.98. The van der Waals surface area contributed by atoms with Crippen molar-refractivity contribution in [2.24, 2.45) is 5.41 Å². The molecule has 6 heteroatoms. The second-order valence-electron chi connectivity index (χ2n) is 6.91. The Morgan fingerprint density at radius 3 is 2.26 bits per heavy atom. The van der Waals surface area contributed by atoms with Gasteiger partial charge in [0.25, 0.3) is 0 Å². The average molecular weight is 331 g/mol. The molecule has 1 amide bonds. The molecule has 1 aromatic rings. The van der Waals surface area contributed by atoms with E-state index in [0.717, 1.165) is 10.5 Å². The third-order valence-electron chi connectivity index (χ3n) is 3.22. The van der Waals surface area contributed by atoms with Gasteiger partial charge in [-0.3, -0.25) is 4.79 Å². The predicted molar refractivity (Wildman–Crippen MR) is 83.5 cm³/mol. The van der Waals surface area contributed by atoms with Crippen LogP contribution in [0, 0.1) is 12.3 Å². The Labute approximate surface area is 135 Å². The zero-order valence-electron chi connectivity index (χ0n) is 14.3. The number of carbonyl (C=O) groups excluding carboxylic acids is 1. The second-order valence-corrected chi connectivity index (χ2v) is 6.91. The van der Waals surface area contributed by atoms with E-state index in [0.29, 0.717) is 11.3 Å². The highest BCUT2D eigenvalue weighted by molar-refractivity contribution is 5.79. The molecule has 0 spiro atoms. The van der Waals surface area contributed by atoms with Crippen LogP contribution in [0.4, 0.5) is 13.2 Å². The van der Waals surface area contributed by atoms with Crippen molar-refractivity contribution in [3.05, 3.63) is 29.3 Å². The number of ether oxygens (including phenoxy) is 1. The lowest BCUT2D eigenvalue weighted by Crippen LogP contribution is -2.44. The number of hydrogen-bond donors (Lipinski definition) is 0. The summed E-state index contributed by atoms with van der Waals surface area (Å²) in [6.45, 7) is 6.09. The summed E-state index contributed by atoms with van der Waals surface area (Å²) in [7, 11) is 1.52. The lowest BCUT2D eigenvalue weighted by Gasteiger charge is -2.30. The second kappa shape index (κ2) is 7.23. The van der Waals surface area contributed by atoms with Crippen LogP contribution in [0.3, 0.4) is 0 Å². The van der Waals surface area contributed by atoms with E-state index in [-0.39, 0.29) is 13.0 Å². The van der Waals surface area contributed by atoms with Gasteiger partial charge in [-0.1, -0.05) is 32.9 Å². The molecule has 1 aromatic carbocycles. The van der Waals surface area contributed by atoms with Crippen molar-refractivity contribution >= 4 is 5.91 Å². The van der Waals surface area contributed by atoms with Crippen LogP contribution in [0.15, 0.2) is 18.2 Å². The quantitative estimate of drug-likeness (QED) is 0.817. The van der Waals surface area contributed by atoms with Crippen molar-refractivity contribution in [1.29, 1.82) is 0 Å². The minimum absolute atomic E-state index is 0.0499. The molecule has 23 heavy (non-hydrogen) atoms. The highest BCUT2D eigenvalue weighted by atomic mass is 19.4. The first-order valence-corrected chi connectivity index (χ1v) is 7.39. The molecule has 0 aromatic heterocycles. The lowest BCUT2D eigenvalue weighted by atomic mass is 9.95. The number of benzene rings is 1. The van der Waals surface area contributed by atoms with E-state index < -0.39 is 24.0 Å². The van der Waals surface area contributed by atoms with Crippen molar-refractivity contribution in [3.8, 4) is 5.75 Å². The van der Waals surface area contributed by atoms with Crippen molar-refractivity contribution in [3.63, 3.8) is 0 Å². The van der Waals surface area contributed by atoms with Gasteiger partial charge in [0.15, 0.2) is 0 Å². The summed E-state index contributed by atoms with van der Waals surface area (Å²) in [5, 5.41) is 0. The Morgan fingerprint density at radius 1 is 1.17 bits per heavy atom. The Bertz CT molecular complexity index is 532. The maximum Gasteiger partial charge on any atom is 0.406 e. The molecule has 130 valence electrons. The Balaban J connectivity index is 2.92. The van der Waals surface area contributed by atoms with Crippen LogP contribution in [0.25, 0.3) is 0 Å². The van der Waals surface area contributed by atoms with E-state index in [2.05, 4.69) is 0 Å². The normalized spacial score (nSPS) is 12.2. The summed E-state index contributed by atoms with van der Waals surface area (Å²) in [4.78, 5) is 13.2. The van der Waals surface area contributed by atoms with Crippen LogP contribution < -0.4 is 4.74 Å². The molecule has 0 aliphatic carbocycles. The monoisotopic (exact) mass is 331 g/mol. The minimum atomic E-state index is -4.41. The Hall–Kier alpha value is -1.72. The van der Waals surface area contributed by atoms with Gasteiger partial charge in [-0.2, -0.15) is 13.2 Å². The number of halogens is 3. The molecule has 0 aliphatic rings. The van der Waals surface area contributed by atoms with Gasteiger partial charge in [-0.05, 0) is 29.5 Å². The van der Waals surface area contributed by atoms with Crippen LogP contribution in [-0.2, 0) is 11.2 Å². The number of hydrogen-bond acceptors (Lipinski definition) is 2. The zero-order valence-corrected chi connectivity index (χ0v) is 14.3. The van der Waals surface area contributed by atoms with E-state index in [1.165, 1.54) is 7.11 Å². The molecular formula is C17H24F3NO2. The molecule has 1 rings (SSSR count). The number of carbonyl (C=O) groups is 1. The summed E-state index contributed by atoms with van der Waals surface area (Å²) >= 11 is 0. The van der Waals surface area contributed by atoms with Crippen LogP contribution in [0.5, 0.6) is 5.75 Å². The largest absolute Gasteiger partial charge is 0.496 e. The molecular weight excluding hydrogens is 307 g/mol. The maximum absolute atomic E-state index is 12.7. The number of methoxy groups -OCH3 is 1. The fraction of sp³-hybridized carbons (Fsp3) is 0.588. The van der Waals surface area contributed by atoms with Crippen LogP contribution in [0.2, 0.25) is 0 Å². The highest BCUT2D eigenvalue weighted by Crippen LogP contribution is 2.23. The highest BCUT2D eigenvalue weighted by Gasteiger charge is 2.34. The molecule has 0 heterocycles. The standard InChI is InChI=1S/C17H24F3NO2/c1-12-6-7-13(8-14(12)23-5)9-15(22)21(10-16(2,3)4)11-17(18,19)20/h6-8H,9-11H2,1-5H3. The first-order chi connectivity index (χ1) is 10.4. The SMILES string of the molecule is COc1cc(CC(=O)N(CC(C)(C)C)CC(F)(F)F)ccc1C. The molecule has 0 N–H and O–H groups in total. The summed E-state index contributed by atoms with van der Waals surface area (Å²) in [6.07, 6.45) is -4.49. The Morgan fingerprint density at radius 2 is 1.78 bits per heavy atom. The molecule has 0 radical (unpaired) electrons. The van der Waals surface area contributed by atoms with Crippen molar-refractivity contribution < 1.29 is 22.7 Å². The van der Waals surface area contributed by atoms with Crippen molar-refractivity contribution in [1.82, 2.24) is 4.90 Å². The smallest absolute Gasteiger partial charge is 0.406 e. The molecule has 0 bridgehead atoms. The number of rotatable bonds is 5. The third-order valence-corrected chi connectivity index (χ3v) is 3.22. The lowest BCUT2D eigenvalue weighted by molar-refractivity contribution is -0.163. The third kappa shape index (κ3) is 6.93. The van der Waals surface area contributed by atoms with Gasteiger partial charge in [-0.15, -0.1) is 0 Å². The summed E-state index contributed by atoms with van der Waals surface area (Å²) < 4.78 is 43.4. The number of nitrogens with zero attached hydrogens (tertiary/aromatic N) is 1. The van der Waals surface area contributed by atoms with Gasteiger partial charge < -0.3 is 9.64 Å². The molecule has 0 fully saturated rings. The van der Waals surface area contributed by atoms with E-state index in [1.807, 2.05) is 6.92 Å². The first-order valence-electron chi connectivity index (χ1n) is 7.39. The summed E-state index contributed by atoms with van der Waals surface area (Å²) in [5.74, 6) is 0.0802. The molecule has 0 saturated carbocycles. The number of amides is 1. The molecule has 0 saturated heterocycles. The van der Waals surface area contributed by atoms with E-state index in [4.69, 9.17) is 4.74 Å². The van der Waals surface area contributed by atoms with Gasteiger partial charge in [0.2, 0.25) is 5.91 Å². The van der Waals surface area contributed by atoms with Gasteiger partial charge in [0.05, 0.1) is 13.5 Å². The number of aryl methyl sites for hydroxylation is 1. The summed E-state index contributed by atoms with van der Waals surface area (Å²) in [6, 6.07) is 5.22. The average Bonchev–Trinajstić information content (AvgIpc) is 2.37. The van der Waals surface area contributed by atoms with Crippen molar-refractivity contribution in [2.75, 3.05) is 20.2 Å². The zero-order chi connectivity index (χ0) is 17.8. The van der Waals surface area contributed by atoms with Gasteiger partial charge in [0.1, 0.15) is 12.3 Å². The molecule has 0 aliphatic heterocycles. The van der Waals surface area contributed by atoms with E-state index in [1.54, 1.807) is 39.0 Å². The minimum Gasteiger partial charge on any atom is -0.496 e. The molecule has 0 unspecified atom stereocenters. The summed E-state index contributed by atoms with van der Waals surface area (Å²) in [5.41, 5.74) is 1.13. The fourth-order valence-electron chi connectivity index (χ4n) is 2.28. The van der Waals surface area contributed by atoms with Gasteiger partial charge in [-0.25, -0.2) is 0 Å². The maximum atomic E-state index is 12.7. The number of alkyl halides is 3. The van der Waals surface area contributed by atoms with Gasteiger partial charge in [0, 0.05) is 6.54 Å². The fourth-order valence-corrected chi connectivity index (χ4v) is 2.28.